The molecule has 0 spiro atoms. The predicted molar refractivity (Wildman–Crippen MR) is 66.5 cm³/mol. The average Bonchev–Trinajstić information content (AvgIpc) is 3.01. The molecule has 0 amide bonds. The molecule has 26 heavy (non-hydrogen) atoms. The van der Waals surface area contributed by atoms with Crippen molar-refractivity contribution >= 4 is 5.97 Å². The van der Waals surface area contributed by atoms with Crippen molar-refractivity contribution in [3.8, 4) is 0 Å². The minimum Gasteiger partial charge on any atom is -0.458 e. The molecule has 2 saturated carbocycles. The third-order valence-electron chi connectivity index (χ3n) is 5.04. The van der Waals surface area contributed by atoms with Crippen molar-refractivity contribution in [2.24, 2.45) is 17.8 Å². The standard InChI is InChI=1S/C14H13F9O3/c1-5(12(15,16)17)10(24)26-9-4-6-2-7(9)3-8(6)11(25,13(18,19)20)14(21,22)23/h6-9,25H,1-4H2. The van der Waals surface area contributed by atoms with Gasteiger partial charge in [-0.05, 0) is 31.1 Å². The number of fused-ring (bicyclic) bond motifs is 2. The molecule has 0 radical (unpaired) electrons. The zero-order valence-corrected chi connectivity index (χ0v) is 12.8. The van der Waals surface area contributed by atoms with Gasteiger partial charge in [0.15, 0.2) is 0 Å². The van der Waals surface area contributed by atoms with Gasteiger partial charge in [-0.25, -0.2) is 4.79 Å². The minimum atomic E-state index is -5.98. The highest BCUT2D eigenvalue weighted by Gasteiger charge is 2.76. The molecule has 0 heterocycles. The summed E-state index contributed by atoms with van der Waals surface area (Å²) in [4.78, 5) is 11.4. The van der Waals surface area contributed by atoms with E-state index in [4.69, 9.17) is 0 Å². The summed E-state index contributed by atoms with van der Waals surface area (Å²) in [7, 11) is 0. The fourth-order valence-electron chi connectivity index (χ4n) is 3.78. The first-order chi connectivity index (χ1) is 11.5. The molecule has 4 unspecified atom stereocenters. The number of hydrogen-bond donors (Lipinski definition) is 1. The lowest BCUT2D eigenvalue weighted by Crippen LogP contribution is -2.63. The summed E-state index contributed by atoms with van der Waals surface area (Å²) in [5.41, 5.74) is -6.75. The molecule has 2 bridgehead atoms. The summed E-state index contributed by atoms with van der Waals surface area (Å²) < 4.78 is 119. The molecule has 0 aromatic carbocycles. The molecule has 2 aliphatic rings. The summed E-state index contributed by atoms with van der Waals surface area (Å²) >= 11 is 0. The van der Waals surface area contributed by atoms with E-state index < -0.39 is 72.4 Å². The van der Waals surface area contributed by atoms with Crippen molar-refractivity contribution in [1.29, 1.82) is 0 Å². The van der Waals surface area contributed by atoms with E-state index in [-0.39, 0.29) is 6.42 Å². The van der Waals surface area contributed by atoms with Gasteiger partial charge in [0.2, 0.25) is 0 Å². The second-order valence-corrected chi connectivity index (χ2v) is 6.52. The molecule has 12 heteroatoms. The number of alkyl halides is 9. The Hall–Kier alpha value is -1.46. The van der Waals surface area contributed by atoms with Gasteiger partial charge < -0.3 is 9.84 Å². The zero-order valence-electron chi connectivity index (χ0n) is 12.8. The Labute approximate surface area is 140 Å². The quantitative estimate of drug-likeness (QED) is 0.444. The molecule has 150 valence electrons. The molecule has 4 atom stereocenters. The third-order valence-corrected chi connectivity index (χ3v) is 5.04. The number of halogens is 9. The number of rotatable bonds is 3. The van der Waals surface area contributed by atoms with Crippen molar-refractivity contribution in [1.82, 2.24) is 0 Å². The fraction of sp³-hybridized carbons (Fsp3) is 0.786. The monoisotopic (exact) mass is 400 g/mol. The third kappa shape index (κ3) is 3.27. The van der Waals surface area contributed by atoms with E-state index >= 15 is 0 Å². The summed E-state index contributed by atoms with van der Waals surface area (Å²) in [6, 6.07) is 0. The fourth-order valence-corrected chi connectivity index (χ4v) is 3.78. The van der Waals surface area contributed by atoms with E-state index in [0.29, 0.717) is 0 Å². The van der Waals surface area contributed by atoms with Crippen LogP contribution in [0.2, 0.25) is 0 Å². The summed E-state index contributed by atoms with van der Waals surface area (Å²) in [5, 5.41) is 9.45. The SMILES string of the molecule is C=C(C(=O)OC1CC2CC1CC2C(O)(C(F)(F)F)C(F)(F)F)C(F)(F)F. The molecule has 2 aliphatic carbocycles. The smallest absolute Gasteiger partial charge is 0.426 e. The van der Waals surface area contributed by atoms with E-state index in [2.05, 4.69) is 11.3 Å². The second kappa shape index (κ2) is 6.03. The van der Waals surface area contributed by atoms with Gasteiger partial charge in [0.1, 0.15) is 11.7 Å². The zero-order chi connectivity index (χ0) is 20.3. The van der Waals surface area contributed by atoms with E-state index in [0.717, 1.165) is 0 Å². The highest BCUT2D eigenvalue weighted by atomic mass is 19.4. The molecule has 0 aliphatic heterocycles. The summed E-state index contributed by atoms with van der Waals surface area (Å²) in [6.07, 6.45) is -19.8. The number of aliphatic hydroxyl groups is 1. The molecule has 2 rings (SSSR count). The summed E-state index contributed by atoms with van der Waals surface area (Å²) in [6.45, 7) is 2.51. The Morgan fingerprint density at radius 1 is 0.885 bits per heavy atom. The highest BCUT2D eigenvalue weighted by Crippen LogP contribution is 2.60. The second-order valence-electron chi connectivity index (χ2n) is 6.52. The maximum absolute atomic E-state index is 12.9. The van der Waals surface area contributed by atoms with Crippen molar-refractivity contribution < 1.29 is 54.2 Å². The maximum atomic E-state index is 12.9. The van der Waals surface area contributed by atoms with Crippen LogP contribution in [0.5, 0.6) is 0 Å². The van der Waals surface area contributed by atoms with Gasteiger partial charge in [-0.3, -0.25) is 0 Å². The van der Waals surface area contributed by atoms with Crippen molar-refractivity contribution in [3.63, 3.8) is 0 Å². The number of carbonyl (C=O) groups is 1. The first-order valence-electron chi connectivity index (χ1n) is 7.33. The summed E-state index contributed by atoms with van der Waals surface area (Å²) in [5.74, 6) is -6.35. The van der Waals surface area contributed by atoms with E-state index in [1.54, 1.807) is 0 Å². The van der Waals surface area contributed by atoms with Crippen LogP contribution in [-0.4, -0.2) is 41.3 Å². The van der Waals surface area contributed by atoms with Gasteiger partial charge in [0, 0.05) is 5.92 Å². The Kier molecular flexibility index (Phi) is 4.83. The lowest BCUT2D eigenvalue weighted by Gasteiger charge is -2.41. The molecule has 1 N–H and O–H groups in total. The normalized spacial score (nSPS) is 29.8. The molecule has 2 fully saturated rings. The van der Waals surface area contributed by atoms with Crippen LogP contribution in [0.25, 0.3) is 0 Å². The minimum absolute atomic E-state index is 0.227. The highest BCUT2D eigenvalue weighted by molar-refractivity contribution is 5.89. The van der Waals surface area contributed by atoms with Crippen LogP contribution >= 0.6 is 0 Å². The number of ether oxygens (including phenoxy) is 1. The van der Waals surface area contributed by atoms with Crippen LogP contribution in [-0.2, 0) is 9.53 Å². The van der Waals surface area contributed by atoms with Gasteiger partial charge in [0.25, 0.3) is 5.60 Å². The molecule has 3 nitrogen and oxygen atoms in total. The first-order valence-corrected chi connectivity index (χ1v) is 7.33. The van der Waals surface area contributed by atoms with Crippen LogP contribution in [0.4, 0.5) is 39.5 Å². The lowest BCUT2D eigenvalue weighted by atomic mass is 9.74. The molecular weight excluding hydrogens is 387 g/mol. The van der Waals surface area contributed by atoms with Crippen LogP contribution in [0.15, 0.2) is 12.2 Å². The Morgan fingerprint density at radius 2 is 1.38 bits per heavy atom. The van der Waals surface area contributed by atoms with Gasteiger partial charge in [-0.2, -0.15) is 39.5 Å². The van der Waals surface area contributed by atoms with E-state index in [1.807, 2.05) is 0 Å². The van der Waals surface area contributed by atoms with Crippen LogP contribution in [0.3, 0.4) is 0 Å². The largest absolute Gasteiger partial charge is 0.458 e. The van der Waals surface area contributed by atoms with Gasteiger partial charge in [-0.15, -0.1) is 0 Å². The predicted octanol–water partition coefficient (Wildman–Crippen LogP) is 3.92. The van der Waals surface area contributed by atoms with E-state index in [1.165, 1.54) is 0 Å². The Bertz CT molecular complexity index is 576. The van der Waals surface area contributed by atoms with Crippen LogP contribution in [0, 0.1) is 17.8 Å². The lowest BCUT2D eigenvalue weighted by molar-refractivity contribution is -0.389. The molecular formula is C14H13F9O3. The first kappa shape index (κ1) is 20.8. The van der Waals surface area contributed by atoms with E-state index in [9.17, 15) is 49.4 Å². The molecule has 0 aromatic rings. The Balaban J connectivity index is 2.13. The molecule has 0 aromatic heterocycles. The topological polar surface area (TPSA) is 46.5 Å². The average molecular weight is 400 g/mol. The molecule has 0 saturated heterocycles. The number of hydrogen-bond acceptors (Lipinski definition) is 3. The van der Waals surface area contributed by atoms with Gasteiger partial charge >= 0.3 is 24.5 Å². The van der Waals surface area contributed by atoms with Crippen LogP contribution < -0.4 is 0 Å². The number of carbonyl (C=O) groups excluding carboxylic acids is 1. The van der Waals surface area contributed by atoms with Gasteiger partial charge in [0.05, 0.1) is 0 Å². The van der Waals surface area contributed by atoms with Crippen molar-refractivity contribution in [2.45, 2.75) is 49.5 Å². The van der Waals surface area contributed by atoms with Crippen molar-refractivity contribution in [3.05, 3.63) is 12.2 Å². The number of esters is 1. The van der Waals surface area contributed by atoms with Crippen molar-refractivity contribution in [2.75, 3.05) is 0 Å². The maximum Gasteiger partial charge on any atom is 0.426 e. The van der Waals surface area contributed by atoms with Crippen LogP contribution in [0.1, 0.15) is 19.3 Å². The van der Waals surface area contributed by atoms with Gasteiger partial charge in [-0.1, -0.05) is 6.58 Å². The Morgan fingerprint density at radius 3 is 1.73 bits per heavy atom.